The lowest BCUT2D eigenvalue weighted by molar-refractivity contribution is -0.116. The van der Waals surface area contributed by atoms with Crippen molar-refractivity contribution in [2.45, 2.75) is 12.5 Å². The van der Waals surface area contributed by atoms with Gasteiger partial charge in [-0.1, -0.05) is 36.4 Å². The van der Waals surface area contributed by atoms with E-state index in [4.69, 9.17) is 9.72 Å². The van der Waals surface area contributed by atoms with Gasteiger partial charge in [-0.3, -0.25) is 4.79 Å². The minimum Gasteiger partial charge on any atom is -0.378 e. The lowest BCUT2D eigenvalue weighted by Gasteiger charge is -2.28. The number of anilines is 5. The van der Waals surface area contributed by atoms with Gasteiger partial charge in [-0.2, -0.15) is 0 Å². The van der Waals surface area contributed by atoms with Crippen LogP contribution in [0.2, 0.25) is 0 Å². The summed E-state index contributed by atoms with van der Waals surface area (Å²) in [6, 6.07) is 25.5. The van der Waals surface area contributed by atoms with Crippen molar-refractivity contribution in [1.82, 2.24) is 9.97 Å². The standard InChI is InChI=1S/C29H28N6O2/c36-28(27-19-20-5-1-3-7-24(20)32-27)33-25-8-4-2-6-23(25)26-13-14-30-29(34-26)31-21-9-11-22(12-10-21)35-15-17-37-18-16-35/h1-14,27,32H,15-19H2,(H,33,36)(H,30,31,34). The maximum absolute atomic E-state index is 13.1. The minimum absolute atomic E-state index is 0.0728. The molecule has 3 heterocycles. The summed E-state index contributed by atoms with van der Waals surface area (Å²) in [6.07, 6.45) is 2.39. The maximum Gasteiger partial charge on any atom is 0.247 e. The number of morpholine rings is 1. The molecule has 37 heavy (non-hydrogen) atoms. The van der Waals surface area contributed by atoms with E-state index in [2.05, 4.69) is 44.0 Å². The highest BCUT2D eigenvalue weighted by atomic mass is 16.5. The molecule has 6 rings (SSSR count). The normalized spacial score (nSPS) is 16.5. The summed E-state index contributed by atoms with van der Waals surface area (Å²) < 4.78 is 5.44. The molecular weight excluding hydrogens is 464 g/mol. The van der Waals surface area contributed by atoms with Crippen LogP contribution in [0.4, 0.5) is 28.7 Å². The van der Waals surface area contributed by atoms with Gasteiger partial charge in [-0.25, -0.2) is 9.97 Å². The maximum atomic E-state index is 13.1. The SMILES string of the molecule is O=C(Nc1ccccc1-c1ccnc(Nc2ccc(N3CCOCC3)cc2)n1)C1Cc2ccccc2N1. The summed E-state index contributed by atoms with van der Waals surface area (Å²) in [5, 5.41) is 9.71. The highest BCUT2D eigenvalue weighted by Gasteiger charge is 2.27. The summed E-state index contributed by atoms with van der Waals surface area (Å²) in [4.78, 5) is 24.5. The fourth-order valence-electron chi connectivity index (χ4n) is 4.77. The topological polar surface area (TPSA) is 91.4 Å². The number of para-hydroxylation sites is 2. The van der Waals surface area contributed by atoms with E-state index in [-0.39, 0.29) is 11.9 Å². The molecule has 0 radical (unpaired) electrons. The van der Waals surface area contributed by atoms with Crippen molar-refractivity contribution in [3.8, 4) is 11.3 Å². The van der Waals surface area contributed by atoms with Crippen molar-refractivity contribution in [2.24, 2.45) is 0 Å². The second-order valence-electron chi connectivity index (χ2n) is 9.13. The second kappa shape index (κ2) is 10.3. The molecule has 1 saturated heterocycles. The number of amides is 1. The number of hydrogen-bond acceptors (Lipinski definition) is 7. The molecule has 1 atom stereocenters. The van der Waals surface area contributed by atoms with Crippen LogP contribution in [0.25, 0.3) is 11.3 Å². The minimum atomic E-state index is -0.312. The monoisotopic (exact) mass is 492 g/mol. The third-order valence-electron chi connectivity index (χ3n) is 6.70. The fraction of sp³-hybridized carbons (Fsp3) is 0.207. The first-order valence-corrected chi connectivity index (χ1v) is 12.5. The number of nitrogens with zero attached hydrogens (tertiary/aromatic N) is 3. The van der Waals surface area contributed by atoms with Crippen molar-refractivity contribution in [1.29, 1.82) is 0 Å². The van der Waals surface area contributed by atoms with Crippen LogP contribution in [-0.4, -0.2) is 48.2 Å². The summed E-state index contributed by atoms with van der Waals surface area (Å²) in [7, 11) is 0. The van der Waals surface area contributed by atoms with Crippen LogP contribution in [0.5, 0.6) is 0 Å². The largest absolute Gasteiger partial charge is 0.378 e. The molecule has 4 aromatic rings. The van der Waals surface area contributed by atoms with E-state index in [1.165, 1.54) is 5.69 Å². The third kappa shape index (κ3) is 5.10. The zero-order valence-electron chi connectivity index (χ0n) is 20.4. The Bertz CT molecular complexity index is 1380. The van der Waals surface area contributed by atoms with E-state index in [0.29, 0.717) is 18.1 Å². The van der Waals surface area contributed by atoms with E-state index in [1.807, 2.05) is 60.7 Å². The van der Waals surface area contributed by atoms with Crippen LogP contribution in [-0.2, 0) is 16.0 Å². The molecule has 0 spiro atoms. The highest BCUT2D eigenvalue weighted by Crippen LogP contribution is 2.30. The predicted molar refractivity (Wildman–Crippen MR) is 146 cm³/mol. The van der Waals surface area contributed by atoms with Crippen LogP contribution in [0.15, 0.2) is 85.1 Å². The number of aromatic nitrogens is 2. The van der Waals surface area contributed by atoms with Crippen LogP contribution < -0.4 is 20.9 Å². The quantitative estimate of drug-likeness (QED) is 0.359. The lowest BCUT2D eigenvalue weighted by atomic mass is 10.1. The molecule has 186 valence electrons. The van der Waals surface area contributed by atoms with Crippen molar-refractivity contribution in [3.63, 3.8) is 0 Å². The van der Waals surface area contributed by atoms with Gasteiger partial charge >= 0.3 is 0 Å². The number of ether oxygens (including phenoxy) is 1. The molecule has 1 unspecified atom stereocenters. The van der Waals surface area contributed by atoms with E-state index < -0.39 is 0 Å². The van der Waals surface area contributed by atoms with E-state index in [1.54, 1.807) is 6.20 Å². The average molecular weight is 493 g/mol. The number of carbonyl (C=O) groups is 1. The predicted octanol–water partition coefficient (Wildman–Crippen LogP) is 4.70. The molecule has 3 N–H and O–H groups in total. The van der Waals surface area contributed by atoms with Crippen molar-refractivity contribution < 1.29 is 9.53 Å². The van der Waals surface area contributed by atoms with E-state index >= 15 is 0 Å². The van der Waals surface area contributed by atoms with Gasteiger partial charge in [0.2, 0.25) is 11.9 Å². The first-order chi connectivity index (χ1) is 18.2. The summed E-state index contributed by atoms with van der Waals surface area (Å²) in [5.41, 5.74) is 6.52. The molecule has 1 aromatic heterocycles. The van der Waals surface area contributed by atoms with Crippen molar-refractivity contribution >= 4 is 34.6 Å². The van der Waals surface area contributed by atoms with Gasteiger partial charge in [0.15, 0.2) is 0 Å². The Morgan fingerprint density at radius 3 is 2.57 bits per heavy atom. The first kappa shape index (κ1) is 23.0. The molecule has 0 saturated carbocycles. The fourth-order valence-corrected chi connectivity index (χ4v) is 4.77. The Balaban J connectivity index is 1.16. The number of benzene rings is 3. The second-order valence-corrected chi connectivity index (χ2v) is 9.13. The molecular formula is C29H28N6O2. The number of rotatable bonds is 6. The molecule has 0 bridgehead atoms. The zero-order chi connectivity index (χ0) is 25.0. The van der Waals surface area contributed by atoms with Gasteiger partial charge in [0, 0.05) is 48.3 Å². The Labute approximate surface area is 215 Å². The Morgan fingerprint density at radius 2 is 1.73 bits per heavy atom. The average Bonchev–Trinajstić information content (AvgIpc) is 3.39. The van der Waals surface area contributed by atoms with Gasteiger partial charge in [0.05, 0.1) is 24.6 Å². The van der Waals surface area contributed by atoms with Crippen LogP contribution in [0.3, 0.4) is 0 Å². The Hall–Kier alpha value is -4.43. The van der Waals surface area contributed by atoms with Gasteiger partial charge in [0.25, 0.3) is 0 Å². The lowest BCUT2D eigenvalue weighted by Crippen LogP contribution is -2.36. The summed E-state index contributed by atoms with van der Waals surface area (Å²) in [5.74, 6) is 0.419. The van der Waals surface area contributed by atoms with Crippen molar-refractivity contribution in [2.75, 3.05) is 47.2 Å². The first-order valence-electron chi connectivity index (χ1n) is 12.5. The van der Waals surface area contributed by atoms with Gasteiger partial charge < -0.3 is 25.6 Å². The van der Waals surface area contributed by atoms with Gasteiger partial charge in [-0.15, -0.1) is 0 Å². The number of hydrogen-bond donors (Lipinski definition) is 3. The number of fused-ring (bicyclic) bond motifs is 1. The number of nitrogens with one attached hydrogen (secondary N) is 3. The van der Waals surface area contributed by atoms with E-state index in [9.17, 15) is 4.79 Å². The summed E-state index contributed by atoms with van der Waals surface area (Å²) >= 11 is 0. The molecule has 8 heteroatoms. The zero-order valence-corrected chi connectivity index (χ0v) is 20.4. The summed E-state index contributed by atoms with van der Waals surface area (Å²) in [6.45, 7) is 3.32. The molecule has 1 amide bonds. The molecule has 2 aliphatic heterocycles. The van der Waals surface area contributed by atoms with Crippen LogP contribution in [0, 0.1) is 0 Å². The highest BCUT2D eigenvalue weighted by molar-refractivity contribution is 6.00. The molecule has 8 nitrogen and oxygen atoms in total. The molecule has 0 aliphatic carbocycles. The molecule has 1 fully saturated rings. The molecule has 2 aliphatic rings. The third-order valence-corrected chi connectivity index (χ3v) is 6.70. The van der Waals surface area contributed by atoms with E-state index in [0.717, 1.165) is 54.5 Å². The van der Waals surface area contributed by atoms with Gasteiger partial charge in [0.1, 0.15) is 6.04 Å². The van der Waals surface area contributed by atoms with Crippen LogP contribution >= 0.6 is 0 Å². The van der Waals surface area contributed by atoms with Crippen molar-refractivity contribution in [3.05, 3.63) is 90.6 Å². The number of carbonyl (C=O) groups excluding carboxylic acids is 1. The van der Waals surface area contributed by atoms with Gasteiger partial charge in [-0.05, 0) is 48.0 Å². The Kier molecular flexibility index (Phi) is 6.39. The Morgan fingerprint density at radius 1 is 0.946 bits per heavy atom. The molecule has 3 aromatic carbocycles. The van der Waals surface area contributed by atoms with Crippen LogP contribution in [0.1, 0.15) is 5.56 Å². The smallest absolute Gasteiger partial charge is 0.247 e.